The van der Waals surface area contributed by atoms with Crippen LogP contribution in [0, 0.1) is 11.5 Å². The van der Waals surface area contributed by atoms with E-state index in [1.54, 1.807) is 0 Å². The molecule has 1 aromatic rings. The molecule has 106 valence electrons. The van der Waals surface area contributed by atoms with Crippen LogP contribution in [-0.4, -0.2) is 20.5 Å². The average molecular weight is 285 g/mol. The first kappa shape index (κ1) is 14.9. The van der Waals surface area contributed by atoms with Gasteiger partial charge in [-0.3, -0.25) is 4.79 Å². The minimum atomic E-state index is -1.36. The highest BCUT2D eigenvalue weighted by Crippen LogP contribution is 2.37. The molecule has 1 aliphatic heterocycles. The molecule has 1 heterocycles. The quantitative estimate of drug-likeness (QED) is 0.598. The number of hydrogen-bond acceptors (Lipinski definition) is 1. The topological polar surface area (TPSA) is 20.3 Å². The normalized spacial score (nSPS) is 17.8. The number of benzene rings is 1. The van der Waals surface area contributed by atoms with Crippen LogP contribution in [0.1, 0.15) is 37.3 Å². The van der Waals surface area contributed by atoms with E-state index >= 15 is 0 Å². The molecular weight excluding hydrogens is 262 g/mol. The highest BCUT2D eigenvalue weighted by molar-refractivity contribution is 6.83. The lowest BCUT2D eigenvalue weighted by atomic mass is 10.0. The summed E-state index contributed by atoms with van der Waals surface area (Å²) in [5.41, 5.74) is 6.62. The first-order chi connectivity index (χ1) is 9.33. The van der Waals surface area contributed by atoms with E-state index < -0.39 is 8.07 Å². The highest BCUT2D eigenvalue weighted by Gasteiger charge is 2.33. The summed E-state index contributed by atoms with van der Waals surface area (Å²) in [6.45, 7) is 11.6. The molecule has 0 aromatic heterocycles. The van der Waals surface area contributed by atoms with Crippen molar-refractivity contribution in [2.24, 2.45) is 0 Å². The third-order valence-electron chi connectivity index (χ3n) is 3.45. The van der Waals surface area contributed by atoms with Gasteiger partial charge in [-0.2, -0.15) is 0 Å². The molecule has 1 aromatic carbocycles. The second kappa shape index (κ2) is 5.45. The van der Waals surface area contributed by atoms with E-state index in [0.717, 1.165) is 29.8 Å². The van der Waals surface area contributed by atoms with Crippen LogP contribution in [-0.2, 0) is 4.79 Å². The van der Waals surface area contributed by atoms with Crippen molar-refractivity contribution in [3.63, 3.8) is 0 Å². The largest absolute Gasteiger partial charge is 0.312 e. The molecule has 1 unspecified atom stereocenters. The lowest BCUT2D eigenvalue weighted by Crippen LogP contribution is -2.28. The van der Waals surface area contributed by atoms with Crippen LogP contribution in [0.2, 0.25) is 19.6 Å². The van der Waals surface area contributed by atoms with Gasteiger partial charge in [0.25, 0.3) is 0 Å². The molecule has 0 fully saturated rings. The summed E-state index contributed by atoms with van der Waals surface area (Å²) in [4.78, 5) is 14.2. The second-order valence-corrected chi connectivity index (χ2v) is 11.2. The van der Waals surface area contributed by atoms with E-state index in [1.807, 2.05) is 17.9 Å². The maximum Gasteiger partial charge on any atom is 0.234 e. The third kappa shape index (κ3) is 2.96. The minimum Gasteiger partial charge on any atom is -0.312 e. The smallest absolute Gasteiger partial charge is 0.234 e. The van der Waals surface area contributed by atoms with Gasteiger partial charge in [0, 0.05) is 17.8 Å². The Balaban J connectivity index is 2.38. The average Bonchev–Trinajstić information content (AvgIpc) is 2.61. The molecule has 0 N–H and O–H groups in total. The molecule has 1 atom stereocenters. The van der Waals surface area contributed by atoms with Crippen molar-refractivity contribution in [2.45, 2.75) is 45.8 Å². The second-order valence-electron chi connectivity index (χ2n) is 6.49. The van der Waals surface area contributed by atoms with Gasteiger partial charge < -0.3 is 4.90 Å². The van der Waals surface area contributed by atoms with Gasteiger partial charge in [0.15, 0.2) is 0 Å². The molecule has 0 spiro atoms. The molecule has 1 amide bonds. The Labute approximate surface area is 123 Å². The Bertz CT molecular complexity index is 589. The lowest BCUT2D eigenvalue weighted by molar-refractivity contribution is -0.118. The fourth-order valence-electron chi connectivity index (χ4n) is 2.42. The predicted octanol–water partition coefficient (Wildman–Crippen LogP) is 3.78. The van der Waals surface area contributed by atoms with Gasteiger partial charge in [-0.1, -0.05) is 32.5 Å². The fourth-order valence-corrected chi connectivity index (χ4v) is 2.94. The van der Waals surface area contributed by atoms with E-state index in [0.29, 0.717) is 0 Å². The van der Waals surface area contributed by atoms with E-state index in [2.05, 4.69) is 50.2 Å². The maximum atomic E-state index is 12.3. The van der Waals surface area contributed by atoms with E-state index in [-0.39, 0.29) is 11.8 Å². The van der Waals surface area contributed by atoms with Crippen LogP contribution in [0.5, 0.6) is 0 Å². The molecule has 0 bridgehead atoms. The summed E-state index contributed by atoms with van der Waals surface area (Å²) in [5, 5.41) is 0. The van der Waals surface area contributed by atoms with E-state index in [1.165, 1.54) is 0 Å². The summed E-state index contributed by atoms with van der Waals surface area (Å²) < 4.78 is 0. The molecule has 0 saturated heterocycles. The maximum absolute atomic E-state index is 12.3. The van der Waals surface area contributed by atoms with Crippen molar-refractivity contribution < 1.29 is 4.79 Å². The summed E-state index contributed by atoms with van der Waals surface area (Å²) in [5.74, 6) is 3.46. The van der Waals surface area contributed by atoms with Crippen molar-refractivity contribution in [3.8, 4) is 11.5 Å². The number of amides is 1. The molecule has 2 rings (SSSR count). The SMILES string of the molecule is CCCN1C(=O)C(C)c2cc(C#C[Si](C)(C)C)ccc21. The molecule has 1 aliphatic rings. The van der Waals surface area contributed by atoms with Crippen LogP contribution in [0.25, 0.3) is 0 Å². The van der Waals surface area contributed by atoms with Gasteiger partial charge in [0.2, 0.25) is 5.91 Å². The van der Waals surface area contributed by atoms with Crippen LogP contribution >= 0.6 is 0 Å². The molecular formula is C17H23NOSi. The zero-order valence-corrected chi connectivity index (χ0v) is 14.1. The molecule has 0 saturated carbocycles. The minimum absolute atomic E-state index is 0.0369. The van der Waals surface area contributed by atoms with Gasteiger partial charge in [0.05, 0.1) is 5.92 Å². The molecule has 0 aliphatic carbocycles. The summed E-state index contributed by atoms with van der Waals surface area (Å²) in [6.07, 6.45) is 0.981. The summed E-state index contributed by atoms with van der Waals surface area (Å²) in [7, 11) is -1.36. The Morgan fingerprint density at radius 1 is 1.30 bits per heavy atom. The molecule has 2 nitrogen and oxygen atoms in total. The van der Waals surface area contributed by atoms with Crippen LogP contribution < -0.4 is 4.90 Å². The van der Waals surface area contributed by atoms with Crippen LogP contribution in [0.4, 0.5) is 5.69 Å². The first-order valence-corrected chi connectivity index (χ1v) is 10.8. The highest BCUT2D eigenvalue weighted by atomic mass is 28.3. The molecule has 20 heavy (non-hydrogen) atoms. The standard InChI is InChI=1S/C17H23NOSi/c1-6-10-18-16-8-7-14(9-11-20(3,4)5)12-15(16)13(2)17(18)19/h7-8,12-13H,6,10H2,1-5H3. The first-order valence-electron chi connectivity index (χ1n) is 7.32. The van der Waals surface area contributed by atoms with E-state index in [4.69, 9.17) is 0 Å². The van der Waals surface area contributed by atoms with Crippen molar-refractivity contribution >= 4 is 19.7 Å². The zero-order valence-electron chi connectivity index (χ0n) is 13.1. The fraction of sp³-hybridized carbons (Fsp3) is 0.471. The van der Waals surface area contributed by atoms with Gasteiger partial charge in [-0.25, -0.2) is 0 Å². The van der Waals surface area contributed by atoms with Crippen LogP contribution in [0.15, 0.2) is 18.2 Å². The lowest BCUT2D eigenvalue weighted by Gasteiger charge is -2.16. The monoisotopic (exact) mass is 285 g/mol. The summed E-state index contributed by atoms with van der Waals surface area (Å²) in [6, 6.07) is 6.20. The van der Waals surface area contributed by atoms with Crippen molar-refractivity contribution in [1.29, 1.82) is 0 Å². The Kier molecular flexibility index (Phi) is 4.05. The number of carbonyl (C=O) groups is 1. The van der Waals surface area contributed by atoms with Gasteiger partial charge in [0.1, 0.15) is 8.07 Å². The number of fused-ring (bicyclic) bond motifs is 1. The number of nitrogens with zero attached hydrogens (tertiary/aromatic N) is 1. The third-order valence-corrected chi connectivity index (χ3v) is 4.33. The van der Waals surface area contributed by atoms with Crippen molar-refractivity contribution in [1.82, 2.24) is 0 Å². The Morgan fingerprint density at radius 3 is 2.60 bits per heavy atom. The zero-order chi connectivity index (χ0) is 14.9. The Hall–Kier alpha value is -1.53. The van der Waals surface area contributed by atoms with Crippen molar-refractivity contribution in [2.75, 3.05) is 11.4 Å². The number of rotatable bonds is 2. The van der Waals surface area contributed by atoms with Gasteiger partial charge >= 0.3 is 0 Å². The predicted molar refractivity (Wildman–Crippen MR) is 87.7 cm³/mol. The summed E-state index contributed by atoms with van der Waals surface area (Å²) >= 11 is 0. The molecule has 3 heteroatoms. The Morgan fingerprint density at radius 2 is 2.00 bits per heavy atom. The van der Waals surface area contributed by atoms with E-state index in [9.17, 15) is 4.79 Å². The number of hydrogen-bond donors (Lipinski definition) is 0. The number of anilines is 1. The van der Waals surface area contributed by atoms with Crippen molar-refractivity contribution in [3.05, 3.63) is 29.3 Å². The van der Waals surface area contributed by atoms with Gasteiger partial charge in [-0.15, -0.1) is 5.54 Å². The number of carbonyl (C=O) groups excluding carboxylic acids is 1. The van der Waals surface area contributed by atoms with Crippen LogP contribution in [0.3, 0.4) is 0 Å². The molecule has 0 radical (unpaired) electrons. The van der Waals surface area contributed by atoms with Gasteiger partial charge in [-0.05, 0) is 37.1 Å².